The van der Waals surface area contributed by atoms with Gasteiger partial charge in [-0.15, -0.1) is 0 Å². The van der Waals surface area contributed by atoms with E-state index in [-0.39, 0.29) is 0 Å². The van der Waals surface area contributed by atoms with E-state index >= 15 is 0 Å². The summed E-state index contributed by atoms with van der Waals surface area (Å²) < 4.78 is 6.70. The molecule has 1 aromatic rings. The molecule has 2 rings (SSSR count). The van der Waals surface area contributed by atoms with Crippen LogP contribution in [0.15, 0.2) is 22.7 Å². The molecule has 100 valence electrons. The van der Waals surface area contributed by atoms with Crippen LogP contribution in [0.2, 0.25) is 0 Å². The fourth-order valence-electron chi connectivity index (χ4n) is 2.29. The predicted molar refractivity (Wildman–Crippen MR) is 80.5 cm³/mol. The minimum atomic E-state index is 0.447. The maximum Gasteiger partial charge on any atom is 0.0614 e. The van der Waals surface area contributed by atoms with E-state index in [2.05, 4.69) is 65.4 Å². The lowest BCUT2D eigenvalue weighted by Crippen LogP contribution is -2.41. The molecule has 4 heteroatoms. The van der Waals surface area contributed by atoms with Crippen molar-refractivity contribution in [3.8, 4) is 0 Å². The highest BCUT2D eigenvalue weighted by Gasteiger charge is 2.29. The average molecular weight is 313 g/mol. The average Bonchev–Trinajstić information content (AvgIpc) is 2.26. The summed E-state index contributed by atoms with van der Waals surface area (Å²) in [6.45, 7) is 2.87. The summed E-state index contributed by atoms with van der Waals surface area (Å²) in [7, 11) is 4.14. The van der Waals surface area contributed by atoms with Gasteiger partial charge in [-0.1, -0.05) is 15.9 Å². The van der Waals surface area contributed by atoms with Crippen LogP contribution in [0.4, 0.5) is 11.4 Å². The van der Waals surface area contributed by atoms with Crippen molar-refractivity contribution in [3.63, 3.8) is 0 Å². The van der Waals surface area contributed by atoms with Crippen LogP contribution < -0.4 is 10.2 Å². The van der Waals surface area contributed by atoms with E-state index in [0.29, 0.717) is 12.1 Å². The van der Waals surface area contributed by atoms with E-state index in [1.807, 2.05) is 0 Å². The Balaban J connectivity index is 1.99. The molecule has 1 fully saturated rings. The molecule has 0 spiro atoms. The number of hydrogen-bond acceptors (Lipinski definition) is 3. The minimum Gasteiger partial charge on any atom is -0.380 e. The summed E-state index contributed by atoms with van der Waals surface area (Å²) in [4.78, 5) is 2.13. The zero-order valence-electron chi connectivity index (χ0n) is 11.2. The quantitative estimate of drug-likeness (QED) is 0.900. The van der Waals surface area contributed by atoms with Crippen LogP contribution in [0.3, 0.4) is 0 Å². The zero-order valence-corrected chi connectivity index (χ0v) is 12.8. The Hall–Kier alpha value is -0.740. The summed E-state index contributed by atoms with van der Waals surface area (Å²) >= 11 is 3.53. The van der Waals surface area contributed by atoms with Gasteiger partial charge in [-0.05, 0) is 38.0 Å². The van der Waals surface area contributed by atoms with E-state index in [4.69, 9.17) is 4.74 Å². The van der Waals surface area contributed by atoms with Gasteiger partial charge in [-0.2, -0.15) is 0 Å². The van der Waals surface area contributed by atoms with E-state index in [1.165, 1.54) is 11.4 Å². The van der Waals surface area contributed by atoms with Gasteiger partial charge in [0, 0.05) is 31.2 Å². The second kappa shape index (κ2) is 5.93. The van der Waals surface area contributed by atoms with Gasteiger partial charge in [0.1, 0.15) is 0 Å². The molecule has 0 aliphatic heterocycles. The van der Waals surface area contributed by atoms with Gasteiger partial charge in [-0.25, -0.2) is 0 Å². The Bertz CT molecular complexity index is 403. The molecule has 0 atom stereocenters. The number of benzene rings is 1. The largest absolute Gasteiger partial charge is 0.380 e. The van der Waals surface area contributed by atoms with Crippen molar-refractivity contribution in [2.75, 3.05) is 30.9 Å². The number of rotatable bonds is 5. The molecule has 0 radical (unpaired) electrons. The Kier molecular flexibility index (Phi) is 4.51. The maximum atomic E-state index is 5.59. The van der Waals surface area contributed by atoms with Crippen LogP contribution in [0.5, 0.6) is 0 Å². The van der Waals surface area contributed by atoms with Gasteiger partial charge in [-0.3, -0.25) is 0 Å². The highest BCUT2D eigenvalue weighted by molar-refractivity contribution is 9.10. The van der Waals surface area contributed by atoms with Gasteiger partial charge >= 0.3 is 0 Å². The number of halogens is 1. The van der Waals surface area contributed by atoms with Gasteiger partial charge in [0.15, 0.2) is 0 Å². The molecule has 0 aromatic heterocycles. The van der Waals surface area contributed by atoms with Crippen LogP contribution in [0.25, 0.3) is 0 Å². The van der Waals surface area contributed by atoms with Crippen LogP contribution in [-0.2, 0) is 4.74 Å². The van der Waals surface area contributed by atoms with E-state index in [0.717, 1.165) is 23.9 Å². The lowest BCUT2D eigenvalue weighted by molar-refractivity contribution is 0.00300. The lowest BCUT2D eigenvalue weighted by Gasteiger charge is -2.36. The summed E-state index contributed by atoms with van der Waals surface area (Å²) in [5.41, 5.74) is 2.41. The first-order valence-electron chi connectivity index (χ1n) is 6.45. The molecule has 1 aliphatic carbocycles. The Morgan fingerprint density at radius 2 is 2.11 bits per heavy atom. The first kappa shape index (κ1) is 13.7. The van der Waals surface area contributed by atoms with Gasteiger partial charge < -0.3 is 15.0 Å². The Labute approximate surface area is 118 Å². The molecule has 0 unspecified atom stereocenters. The second-order valence-electron chi connectivity index (χ2n) is 4.95. The lowest BCUT2D eigenvalue weighted by atomic mass is 9.89. The monoisotopic (exact) mass is 312 g/mol. The van der Waals surface area contributed by atoms with Crippen molar-refractivity contribution in [2.45, 2.75) is 31.9 Å². The molecule has 18 heavy (non-hydrogen) atoms. The third-order valence-corrected chi connectivity index (χ3v) is 3.79. The normalized spacial score (nSPS) is 22.4. The van der Waals surface area contributed by atoms with E-state index < -0.39 is 0 Å². The third-order valence-electron chi connectivity index (χ3n) is 3.30. The van der Waals surface area contributed by atoms with Crippen molar-refractivity contribution in [1.29, 1.82) is 0 Å². The second-order valence-corrected chi connectivity index (χ2v) is 5.86. The first-order chi connectivity index (χ1) is 8.60. The van der Waals surface area contributed by atoms with Crippen LogP contribution in [-0.4, -0.2) is 32.8 Å². The van der Waals surface area contributed by atoms with Crippen LogP contribution in [0, 0.1) is 0 Å². The Morgan fingerprint density at radius 1 is 1.39 bits per heavy atom. The van der Waals surface area contributed by atoms with Gasteiger partial charge in [0.05, 0.1) is 17.5 Å². The van der Waals surface area contributed by atoms with Gasteiger partial charge in [0.2, 0.25) is 0 Å². The highest BCUT2D eigenvalue weighted by atomic mass is 79.9. The fraction of sp³-hybridized carbons (Fsp3) is 0.571. The molecule has 0 bridgehead atoms. The zero-order chi connectivity index (χ0) is 13.1. The number of nitrogens with zero attached hydrogens (tertiary/aromatic N) is 1. The Morgan fingerprint density at radius 3 is 2.72 bits per heavy atom. The SMILES string of the molecule is CCOC1CC(Nc2cc(Br)ccc2N(C)C)C1. The van der Waals surface area contributed by atoms with E-state index in [9.17, 15) is 0 Å². The molecule has 3 nitrogen and oxygen atoms in total. The van der Waals surface area contributed by atoms with Crippen molar-refractivity contribution in [3.05, 3.63) is 22.7 Å². The van der Waals surface area contributed by atoms with Crippen molar-refractivity contribution < 1.29 is 4.74 Å². The third kappa shape index (κ3) is 3.18. The molecule has 1 aromatic carbocycles. The molecular weight excluding hydrogens is 292 g/mol. The number of nitrogens with one attached hydrogen (secondary N) is 1. The highest BCUT2D eigenvalue weighted by Crippen LogP contribution is 2.33. The molecule has 0 saturated heterocycles. The smallest absolute Gasteiger partial charge is 0.0614 e. The van der Waals surface area contributed by atoms with Gasteiger partial charge in [0.25, 0.3) is 0 Å². The summed E-state index contributed by atoms with van der Waals surface area (Å²) in [6.07, 6.45) is 2.66. The summed E-state index contributed by atoms with van der Waals surface area (Å²) in [5, 5.41) is 3.61. The van der Waals surface area contributed by atoms with Crippen molar-refractivity contribution in [2.24, 2.45) is 0 Å². The molecular formula is C14H21BrN2O. The van der Waals surface area contributed by atoms with E-state index in [1.54, 1.807) is 0 Å². The molecule has 0 heterocycles. The maximum absolute atomic E-state index is 5.59. The van der Waals surface area contributed by atoms with Crippen LogP contribution in [0.1, 0.15) is 19.8 Å². The molecule has 1 saturated carbocycles. The molecule has 0 amide bonds. The topological polar surface area (TPSA) is 24.5 Å². The van der Waals surface area contributed by atoms with Crippen LogP contribution >= 0.6 is 15.9 Å². The number of hydrogen-bond donors (Lipinski definition) is 1. The number of anilines is 2. The first-order valence-corrected chi connectivity index (χ1v) is 7.24. The van der Waals surface area contributed by atoms with Crippen molar-refractivity contribution >= 4 is 27.3 Å². The molecule has 1 N–H and O–H groups in total. The molecule has 1 aliphatic rings. The summed E-state index contributed by atoms with van der Waals surface area (Å²) in [5.74, 6) is 0. The minimum absolute atomic E-state index is 0.447. The standard InChI is InChI=1S/C14H21BrN2O/c1-4-18-12-8-11(9-12)16-13-7-10(15)5-6-14(13)17(2)3/h5-7,11-12,16H,4,8-9H2,1-3H3. The number of ether oxygens (including phenoxy) is 1. The van der Waals surface area contributed by atoms with Crippen molar-refractivity contribution in [1.82, 2.24) is 0 Å². The summed E-state index contributed by atoms with van der Waals surface area (Å²) in [6, 6.07) is 6.88. The predicted octanol–water partition coefficient (Wildman–Crippen LogP) is 3.49. The fourth-order valence-corrected chi connectivity index (χ4v) is 2.65.